The zero-order valence-corrected chi connectivity index (χ0v) is 67.0. The van der Waals surface area contributed by atoms with Gasteiger partial charge in [-0.1, -0.05) is 387 Å². The van der Waals surface area contributed by atoms with Crippen molar-refractivity contribution in [1.82, 2.24) is 0 Å². The number of ether oxygens (including phenoxy) is 4. The van der Waals surface area contributed by atoms with Crippen LogP contribution in [0.3, 0.4) is 0 Å². The zero-order chi connectivity index (χ0) is 73.2. The number of unbranched alkanes of at least 4 members (excludes halogenated alkanes) is 56. The predicted octanol–water partition coefficient (Wildman–Crippen LogP) is 24.6. The monoisotopic (exact) mass is 1470 g/mol. The summed E-state index contributed by atoms with van der Waals surface area (Å²) in [5.74, 6) is -2.10. The number of phosphoric acid groups is 2. The standard InChI is InChI=1S/C81H158O17P2/c1-5-9-13-17-21-25-29-32-34-36-37-38-40-42-45-48-52-56-60-64-68-81(86)98-77(72-92-79(84)66-62-58-54-50-46-44-41-39-35-33-30-26-22-18-14-10-6-2)74-96-100(89,90)94-70-75(82)69-93-99(87,88)95-73-76(71-91-78(83)65-61-57-53-49-28-24-20-16-12-8-4)97-80(85)67-63-59-55-51-47-43-31-27-23-19-15-11-7-3/h75-77,82H,5-74H2,1-4H3,(H,87,88)(H,89,90)/t75-,76+,77+/m0/s1. The highest BCUT2D eigenvalue weighted by molar-refractivity contribution is 7.47. The maximum Gasteiger partial charge on any atom is 0.472 e. The van der Waals surface area contributed by atoms with Crippen LogP contribution in [0.25, 0.3) is 0 Å². The molecule has 0 saturated carbocycles. The molecular formula is C81H158O17P2. The van der Waals surface area contributed by atoms with Gasteiger partial charge in [0.25, 0.3) is 0 Å². The first-order valence-electron chi connectivity index (χ1n) is 42.3. The number of esters is 4. The molecule has 0 aliphatic heterocycles. The number of hydrogen-bond acceptors (Lipinski definition) is 15. The number of rotatable bonds is 82. The van der Waals surface area contributed by atoms with Crippen LogP contribution in [0, 0.1) is 0 Å². The molecular weight excluding hydrogens is 1310 g/mol. The van der Waals surface area contributed by atoms with E-state index >= 15 is 0 Å². The van der Waals surface area contributed by atoms with Crippen molar-refractivity contribution in [3.05, 3.63) is 0 Å². The predicted molar refractivity (Wildman–Crippen MR) is 409 cm³/mol. The SMILES string of the molecule is CCCCCCCCCCCCCCCCCCCCCCC(=O)O[C@H](COC(=O)CCCCCCCCCCCCCCCCCCC)COP(=O)(O)OC[C@@H](O)COP(=O)(O)OC[C@@H](COC(=O)CCCCCCCCCCCC)OC(=O)CCCCCCCCCCCCCCC. The molecule has 0 heterocycles. The Morgan fingerprint density at radius 1 is 0.240 bits per heavy atom. The number of aliphatic hydroxyl groups excluding tert-OH is 1. The molecule has 0 bridgehead atoms. The third-order valence-electron chi connectivity index (χ3n) is 19.1. The lowest BCUT2D eigenvalue weighted by molar-refractivity contribution is -0.161. The summed E-state index contributed by atoms with van der Waals surface area (Å²) >= 11 is 0. The molecule has 2 unspecified atom stereocenters. The quantitative estimate of drug-likeness (QED) is 0.0222. The highest BCUT2D eigenvalue weighted by Crippen LogP contribution is 2.45. The Hall–Kier alpha value is -1.94. The van der Waals surface area contributed by atoms with E-state index in [1.807, 2.05) is 0 Å². The second-order valence-corrected chi connectivity index (χ2v) is 32.1. The van der Waals surface area contributed by atoms with Crippen LogP contribution in [-0.2, 0) is 65.4 Å². The zero-order valence-electron chi connectivity index (χ0n) is 65.2. The van der Waals surface area contributed by atoms with Crippen molar-refractivity contribution >= 4 is 39.5 Å². The summed E-state index contributed by atoms with van der Waals surface area (Å²) < 4.78 is 68.7. The summed E-state index contributed by atoms with van der Waals surface area (Å²) in [6, 6.07) is 0. The molecule has 594 valence electrons. The van der Waals surface area contributed by atoms with Crippen LogP contribution >= 0.6 is 15.6 Å². The molecule has 0 radical (unpaired) electrons. The smallest absolute Gasteiger partial charge is 0.462 e. The van der Waals surface area contributed by atoms with Gasteiger partial charge in [0.15, 0.2) is 12.2 Å². The van der Waals surface area contributed by atoms with Crippen molar-refractivity contribution in [2.24, 2.45) is 0 Å². The Kier molecular flexibility index (Phi) is 73.8. The maximum absolute atomic E-state index is 13.1. The first-order valence-corrected chi connectivity index (χ1v) is 45.3. The average molecular weight is 1470 g/mol. The molecule has 0 saturated heterocycles. The largest absolute Gasteiger partial charge is 0.472 e. The summed E-state index contributed by atoms with van der Waals surface area (Å²) in [5, 5.41) is 10.6. The van der Waals surface area contributed by atoms with E-state index in [-0.39, 0.29) is 25.7 Å². The van der Waals surface area contributed by atoms with Gasteiger partial charge < -0.3 is 33.8 Å². The van der Waals surface area contributed by atoms with E-state index in [1.54, 1.807) is 0 Å². The molecule has 0 amide bonds. The second kappa shape index (κ2) is 75.3. The normalized spacial score (nSPS) is 13.8. The van der Waals surface area contributed by atoms with Crippen LogP contribution < -0.4 is 0 Å². The lowest BCUT2D eigenvalue weighted by Crippen LogP contribution is -2.30. The number of phosphoric ester groups is 2. The maximum atomic E-state index is 13.1. The lowest BCUT2D eigenvalue weighted by Gasteiger charge is -2.21. The fourth-order valence-corrected chi connectivity index (χ4v) is 14.2. The van der Waals surface area contributed by atoms with Crippen LogP contribution in [0.4, 0.5) is 0 Å². The van der Waals surface area contributed by atoms with Gasteiger partial charge >= 0.3 is 39.5 Å². The average Bonchev–Trinajstić information content (AvgIpc) is 0.919. The van der Waals surface area contributed by atoms with Gasteiger partial charge in [-0.2, -0.15) is 0 Å². The number of aliphatic hydroxyl groups is 1. The van der Waals surface area contributed by atoms with Gasteiger partial charge in [0, 0.05) is 25.7 Å². The summed E-state index contributed by atoms with van der Waals surface area (Å²) in [5.41, 5.74) is 0. The number of hydrogen-bond donors (Lipinski definition) is 3. The van der Waals surface area contributed by atoms with E-state index in [4.69, 9.17) is 37.0 Å². The molecule has 100 heavy (non-hydrogen) atoms. The van der Waals surface area contributed by atoms with Gasteiger partial charge in [-0.25, -0.2) is 9.13 Å². The lowest BCUT2D eigenvalue weighted by atomic mass is 10.0. The van der Waals surface area contributed by atoms with Crippen molar-refractivity contribution in [2.45, 2.75) is 457 Å². The molecule has 0 spiro atoms. The van der Waals surface area contributed by atoms with E-state index < -0.39 is 97.5 Å². The summed E-state index contributed by atoms with van der Waals surface area (Å²) in [6.07, 6.45) is 67.9. The van der Waals surface area contributed by atoms with Crippen LogP contribution in [0.1, 0.15) is 439 Å². The van der Waals surface area contributed by atoms with Gasteiger partial charge in [0.05, 0.1) is 26.4 Å². The van der Waals surface area contributed by atoms with E-state index in [0.717, 1.165) is 89.9 Å². The van der Waals surface area contributed by atoms with E-state index in [1.165, 1.54) is 270 Å². The summed E-state index contributed by atoms with van der Waals surface area (Å²) in [4.78, 5) is 73.0. The minimum atomic E-state index is -4.96. The number of carbonyl (C=O) groups excluding carboxylic acids is 4. The molecule has 0 aliphatic carbocycles. The summed E-state index contributed by atoms with van der Waals surface area (Å²) in [7, 11) is -9.92. The van der Waals surface area contributed by atoms with Crippen LogP contribution in [0.15, 0.2) is 0 Å². The molecule has 5 atom stereocenters. The molecule has 0 fully saturated rings. The van der Waals surface area contributed by atoms with Crippen molar-refractivity contribution in [1.29, 1.82) is 0 Å². The van der Waals surface area contributed by atoms with Crippen LogP contribution in [0.5, 0.6) is 0 Å². The first kappa shape index (κ1) is 98.1. The van der Waals surface area contributed by atoms with Crippen molar-refractivity contribution in [2.75, 3.05) is 39.6 Å². The van der Waals surface area contributed by atoms with Crippen LogP contribution in [0.2, 0.25) is 0 Å². The molecule has 0 aromatic rings. The molecule has 3 N–H and O–H groups in total. The van der Waals surface area contributed by atoms with Gasteiger partial charge in [0.2, 0.25) is 0 Å². The third-order valence-corrected chi connectivity index (χ3v) is 21.0. The van der Waals surface area contributed by atoms with Gasteiger partial charge in [0.1, 0.15) is 19.3 Å². The van der Waals surface area contributed by atoms with Gasteiger partial charge in [-0.05, 0) is 25.7 Å². The molecule has 0 aromatic carbocycles. The van der Waals surface area contributed by atoms with E-state index in [0.29, 0.717) is 25.7 Å². The van der Waals surface area contributed by atoms with Crippen LogP contribution in [-0.4, -0.2) is 96.7 Å². The molecule has 0 aliphatic rings. The van der Waals surface area contributed by atoms with Gasteiger partial charge in [-0.3, -0.25) is 37.3 Å². The van der Waals surface area contributed by atoms with Crippen molar-refractivity contribution in [3.8, 4) is 0 Å². The molecule has 19 heteroatoms. The highest BCUT2D eigenvalue weighted by atomic mass is 31.2. The fourth-order valence-electron chi connectivity index (χ4n) is 12.6. The third kappa shape index (κ3) is 74.3. The molecule has 17 nitrogen and oxygen atoms in total. The number of carbonyl (C=O) groups is 4. The Morgan fingerprint density at radius 3 is 0.590 bits per heavy atom. The Labute approximate surface area is 613 Å². The fraction of sp³-hybridized carbons (Fsp3) is 0.951. The summed E-state index contributed by atoms with van der Waals surface area (Å²) in [6.45, 7) is 5.02. The Balaban J connectivity index is 5.22. The minimum Gasteiger partial charge on any atom is -0.462 e. The highest BCUT2D eigenvalue weighted by Gasteiger charge is 2.30. The van der Waals surface area contributed by atoms with E-state index in [9.17, 15) is 43.2 Å². The second-order valence-electron chi connectivity index (χ2n) is 29.2. The Morgan fingerprint density at radius 2 is 0.400 bits per heavy atom. The minimum absolute atomic E-state index is 0.108. The van der Waals surface area contributed by atoms with Gasteiger partial charge in [-0.15, -0.1) is 0 Å². The first-order chi connectivity index (χ1) is 48.7. The van der Waals surface area contributed by atoms with Crippen molar-refractivity contribution < 1.29 is 80.2 Å². The topological polar surface area (TPSA) is 237 Å². The molecule has 0 rings (SSSR count). The van der Waals surface area contributed by atoms with E-state index in [2.05, 4.69) is 27.7 Å². The Bertz CT molecular complexity index is 1890. The van der Waals surface area contributed by atoms with Crippen molar-refractivity contribution in [3.63, 3.8) is 0 Å². The molecule has 0 aromatic heterocycles.